The van der Waals surface area contributed by atoms with Gasteiger partial charge in [0.25, 0.3) is 5.91 Å². The highest BCUT2D eigenvalue weighted by atomic mass is 32.2. The van der Waals surface area contributed by atoms with E-state index in [0.717, 1.165) is 43.5 Å². The minimum absolute atomic E-state index is 0.00490. The molecule has 4 saturated carbocycles. The molecule has 0 radical (unpaired) electrons. The molecule has 174 valence electrons. The average Bonchev–Trinajstić information content (AvgIpc) is 3.39. The number of carbonyl (C=O) groups is 2. The monoisotopic (exact) mass is 481 g/mol. The van der Waals surface area contributed by atoms with Gasteiger partial charge in [-0.3, -0.25) is 15.0 Å². The maximum Gasteiger partial charge on any atom is 0.285 e. The summed E-state index contributed by atoms with van der Waals surface area (Å²) in [4.78, 5) is 29.6. The van der Waals surface area contributed by atoms with Crippen molar-refractivity contribution in [2.45, 2.75) is 58.3 Å². The molecule has 6 fully saturated rings. The first kappa shape index (κ1) is 21.7. The Balaban J connectivity index is 1.18. The molecular weight excluding hydrogens is 450 g/mol. The summed E-state index contributed by atoms with van der Waals surface area (Å²) in [5.74, 6) is 1.83. The normalized spacial score (nSPS) is 34.1. The molecule has 0 unspecified atom stereocenters. The third-order valence-corrected chi connectivity index (χ3v) is 9.84. The Morgan fingerprint density at radius 1 is 1.12 bits per heavy atom. The van der Waals surface area contributed by atoms with Crippen molar-refractivity contribution < 1.29 is 9.59 Å². The number of benzene rings is 1. The lowest BCUT2D eigenvalue weighted by molar-refractivity contribution is -0.152. The Kier molecular flexibility index (Phi) is 5.33. The summed E-state index contributed by atoms with van der Waals surface area (Å²) in [7, 11) is 0. The largest absolute Gasteiger partial charge is 0.372 e. The zero-order chi connectivity index (χ0) is 22.7. The fourth-order valence-electron chi connectivity index (χ4n) is 7.31. The molecule has 0 atom stereocenters. The highest BCUT2D eigenvalue weighted by molar-refractivity contribution is 8.26. The Morgan fingerprint density at radius 3 is 2.36 bits per heavy atom. The number of anilines is 1. The van der Waals surface area contributed by atoms with Gasteiger partial charge >= 0.3 is 0 Å². The molecule has 6 aliphatic rings. The number of nitrogens with zero attached hydrogens (tertiary/aromatic N) is 2. The minimum atomic E-state index is -0.302. The number of hydrogen-bond acceptors (Lipinski definition) is 5. The van der Waals surface area contributed by atoms with Crippen molar-refractivity contribution in [3.8, 4) is 0 Å². The van der Waals surface area contributed by atoms with Gasteiger partial charge in [0.15, 0.2) is 4.32 Å². The Labute approximate surface area is 205 Å². The van der Waals surface area contributed by atoms with E-state index in [0.29, 0.717) is 27.0 Å². The lowest BCUT2D eigenvalue weighted by Gasteiger charge is -2.55. The molecule has 4 bridgehead atoms. The van der Waals surface area contributed by atoms with Gasteiger partial charge in [-0.15, -0.1) is 0 Å². The van der Waals surface area contributed by atoms with E-state index in [1.54, 1.807) is 0 Å². The van der Waals surface area contributed by atoms with Crippen molar-refractivity contribution in [1.82, 2.24) is 10.4 Å². The molecular formula is C26H31N3O2S2. The second kappa shape index (κ2) is 8.12. The third kappa shape index (κ3) is 3.81. The summed E-state index contributed by atoms with van der Waals surface area (Å²) >= 11 is 6.78. The van der Waals surface area contributed by atoms with Crippen LogP contribution in [0.15, 0.2) is 23.1 Å². The van der Waals surface area contributed by atoms with Gasteiger partial charge in [-0.1, -0.05) is 17.8 Å². The van der Waals surface area contributed by atoms with Gasteiger partial charge in [-0.05, 0) is 118 Å². The molecule has 0 aromatic heterocycles. The van der Waals surface area contributed by atoms with Crippen LogP contribution in [0.5, 0.6) is 0 Å². The van der Waals surface area contributed by atoms with Crippen molar-refractivity contribution in [2.75, 3.05) is 18.0 Å². The summed E-state index contributed by atoms with van der Waals surface area (Å²) in [5.41, 5.74) is 6.05. The van der Waals surface area contributed by atoms with E-state index in [1.807, 2.05) is 6.08 Å². The van der Waals surface area contributed by atoms with Gasteiger partial charge in [0, 0.05) is 18.8 Å². The quantitative estimate of drug-likeness (QED) is 0.482. The molecule has 33 heavy (non-hydrogen) atoms. The van der Waals surface area contributed by atoms with Crippen molar-refractivity contribution >= 4 is 51.9 Å². The average molecular weight is 482 g/mol. The van der Waals surface area contributed by atoms with Gasteiger partial charge in [-0.25, -0.2) is 0 Å². The van der Waals surface area contributed by atoms with E-state index in [2.05, 4.69) is 35.4 Å². The van der Waals surface area contributed by atoms with Crippen LogP contribution in [0.1, 0.15) is 62.5 Å². The van der Waals surface area contributed by atoms with Crippen LogP contribution in [0.4, 0.5) is 5.69 Å². The van der Waals surface area contributed by atoms with Crippen LogP contribution in [0.3, 0.4) is 0 Å². The van der Waals surface area contributed by atoms with E-state index in [-0.39, 0.29) is 17.2 Å². The van der Waals surface area contributed by atoms with E-state index in [1.165, 1.54) is 54.6 Å². The summed E-state index contributed by atoms with van der Waals surface area (Å²) < 4.78 is 0.413. The van der Waals surface area contributed by atoms with Crippen molar-refractivity contribution in [2.24, 2.45) is 23.2 Å². The first-order valence-corrected chi connectivity index (χ1v) is 13.6. The molecule has 0 spiro atoms. The zero-order valence-corrected chi connectivity index (χ0v) is 20.8. The smallest absolute Gasteiger partial charge is 0.285 e. The van der Waals surface area contributed by atoms with Gasteiger partial charge in [0.2, 0.25) is 5.91 Å². The van der Waals surface area contributed by atoms with Gasteiger partial charge in [-0.2, -0.15) is 5.01 Å². The van der Waals surface area contributed by atoms with E-state index >= 15 is 0 Å². The fourth-order valence-corrected chi connectivity index (χ4v) is 8.48. The Bertz CT molecular complexity index is 1020. The number of hydrogen-bond donors (Lipinski definition) is 1. The third-order valence-electron chi connectivity index (χ3n) is 8.54. The van der Waals surface area contributed by atoms with Gasteiger partial charge in [0.1, 0.15) is 0 Å². The number of nitrogens with one attached hydrogen (secondary N) is 1. The van der Waals surface area contributed by atoms with Crippen LogP contribution in [-0.4, -0.2) is 34.2 Å². The second-order valence-corrected chi connectivity index (χ2v) is 12.6. The maximum absolute atomic E-state index is 13.4. The lowest BCUT2D eigenvalue weighted by atomic mass is 9.49. The van der Waals surface area contributed by atoms with Crippen LogP contribution in [0.25, 0.3) is 6.08 Å². The molecule has 7 rings (SSSR count). The lowest BCUT2D eigenvalue weighted by Crippen LogP contribution is -2.57. The van der Waals surface area contributed by atoms with Crippen LogP contribution in [-0.2, 0) is 9.59 Å². The molecule has 7 heteroatoms. The van der Waals surface area contributed by atoms with Crippen molar-refractivity contribution in [1.29, 1.82) is 0 Å². The van der Waals surface area contributed by atoms with Crippen molar-refractivity contribution in [3.05, 3.63) is 34.2 Å². The molecule has 2 aliphatic heterocycles. The number of aryl methyl sites for hydroxylation is 1. The topological polar surface area (TPSA) is 52.6 Å². The first-order chi connectivity index (χ1) is 15.9. The molecule has 1 aromatic rings. The summed E-state index contributed by atoms with van der Waals surface area (Å²) in [6.07, 6.45) is 11.2. The highest BCUT2D eigenvalue weighted by Crippen LogP contribution is 2.60. The Hall–Kier alpha value is -1.86. The number of thioether (sulfide) groups is 1. The first-order valence-electron chi connectivity index (χ1n) is 12.3. The predicted octanol–water partition coefficient (Wildman–Crippen LogP) is 5.04. The highest BCUT2D eigenvalue weighted by Gasteiger charge is 2.55. The number of thiocarbonyl (C=S) groups is 1. The predicted molar refractivity (Wildman–Crippen MR) is 136 cm³/mol. The minimum Gasteiger partial charge on any atom is -0.372 e. The van der Waals surface area contributed by atoms with Gasteiger partial charge in [0.05, 0.1) is 10.3 Å². The van der Waals surface area contributed by atoms with Crippen molar-refractivity contribution in [3.63, 3.8) is 0 Å². The Morgan fingerprint density at radius 2 is 1.76 bits per heavy atom. The molecule has 2 heterocycles. The molecule has 2 amide bonds. The molecule has 1 N–H and O–H groups in total. The summed E-state index contributed by atoms with van der Waals surface area (Å²) in [5, 5.41) is 1.32. The van der Waals surface area contributed by atoms with E-state index in [9.17, 15) is 9.59 Å². The standard InChI is InChI=1S/C26H31N3O2S2/c1-16-8-21(28-6-2-3-7-28)5-4-20(16)12-22-23(30)29(25(32)33-22)27-24(31)26-13-17-9-18(14-26)11-19(10-17)15-26/h4-5,8,12,17-19H,2-3,6-7,9-11,13-15H2,1H3,(H,27,31)/b22-12+. The molecule has 2 saturated heterocycles. The SMILES string of the molecule is Cc1cc(N2CCCC2)ccc1/C=C1/SC(=S)N(NC(=O)C23CC4CC(CC(C4)C2)C3)C1=O. The van der Waals surface area contributed by atoms with Crippen LogP contribution >= 0.6 is 24.0 Å². The fraction of sp³-hybridized carbons (Fsp3) is 0.577. The second-order valence-electron chi connectivity index (χ2n) is 10.9. The van der Waals surface area contributed by atoms with Gasteiger partial charge < -0.3 is 4.90 Å². The number of rotatable bonds is 4. The number of amides is 2. The van der Waals surface area contributed by atoms with E-state index < -0.39 is 0 Å². The van der Waals surface area contributed by atoms with E-state index in [4.69, 9.17) is 12.2 Å². The maximum atomic E-state index is 13.4. The summed E-state index contributed by atoms with van der Waals surface area (Å²) in [6, 6.07) is 6.43. The number of carbonyl (C=O) groups excluding carboxylic acids is 2. The molecule has 1 aromatic carbocycles. The summed E-state index contributed by atoms with van der Waals surface area (Å²) in [6.45, 7) is 4.31. The molecule has 5 nitrogen and oxygen atoms in total. The van der Waals surface area contributed by atoms with Crippen LogP contribution < -0.4 is 10.3 Å². The van der Waals surface area contributed by atoms with Crippen LogP contribution in [0, 0.1) is 30.1 Å². The molecule has 4 aliphatic carbocycles. The number of hydrazine groups is 1. The zero-order valence-electron chi connectivity index (χ0n) is 19.1. The van der Waals surface area contributed by atoms with Crippen LogP contribution in [0.2, 0.25) is 0 Å².